The lowest BCUT2D eigenvalue weighted by atomic mass is 10.1. The van der Waals surface area contributed by atoms with E-state index in [0.717, 1.165) is 6.54 Å². The van der Waals surface area contributed by atoms with Gasteiger partial charge in [-0.05, 0) is 31.0 Å². The number of rotatable bonds is 2. The van der Waals surface area contributed by atoms with E-state index in [1.54, 1.807) is 0 Å². The molecule has 1 unspecified atom stereocenters. The van der Waals surface area contributed by atoms with Gasteiger partial charge in [0.15, 0.2) is 0 Å². The smallest absolute Gasteiger partial charge is 0.0800 e. The molecule has 3 heteroatoms. The second kappa shape index (κ2) is 4.34. The molecule has 0 spiro atoms. The highest BCUT2D eigenvalue weighted by molar-refractivity contribution is 5.59. The van der Waals surface area contributed by atoms with E-state index in [0.29, 0.717) is 6.04 Å². The average molecular weight is 227 g/mol. The van der Waals surface area contributed by atoms with Gasteiger partial charge in [0.25, 0.3) is 0 Å². The van der Waals surface area contributed by atoms with E-state index in [9.17, 15) is 0 Å². The lowest BCUT2D eigenvalue weighted by molar-refractivity contribution is 0.607. The van der Waals surface area contributed by atoms with Crippen molar-refractivity contribution in [2.75, 3.05) is 6.54 Å². The van der Waals surface area contributed by atoms with Gasteiger partial charge < -0.3 is 5.32 Å². The number of aryl methyl sites for hydroxylation is 1. The number of nitrogens with one attached hydrogen (secondary N) is 1. The average Bonchev–Trinajstić information content (AvgIpc) is 2.99. The third-order valence-electron chi connectivity index (χ3n) is 3.39. The Morgan fingerprint density at radius 1 is 1.29 bits per heavy atom. The van der Waals surface area contributed by atoms with E-state index >= 15 is 0 Å². The zero-order chi connectivity index (χ0) is 11.7. The third kappa shape index (κ3) is 1.98. The summed E-state index contributed by atoms with van der Waals surface area (Å²) in [5, 5.41) is 8.11. The maximum Gasteiger partial charge on any atom is 0.0800 e. The molecule has 1 saturated heterocycles. The van der Waals surface area contributed by atoms with Crippen LogP contribution >= 0.6 is 0 Å². The Balaban J connectivity index is 1.96. The molecule has 3 rings (SSSR count). The van der Waals surface area contributed by atoms with Gasteiger partial charge >= 0.3 is 0 Å². The molecule has 2 heterocycles. The fourth-order valence-electron chi connectivity index (χ4n) is 2.48. The quantitative estimate of drug-likeness (QED) is 0.854. The predicted octanol–water partition coefficient (Wildman–Crippen LogP) is 2.51. The molecular weight excluding hydrogens is 210 g/mol. The minimum atomic E-state index is 0.443. The Morgan fingerprint density at radius 2 is 2.12 bits per heavy atom. The van der Waals surface area contributed by atoms with Crippen LogP contribution in [0.2, 0.25) is 0 Å². The van der Waals surface area contributed by atoms with E-state index in [1.165, 1.54) is 29.8 Å². The molecule has 1 atom stereocenters. The number of hydrogen-bond acceptors (Lipinski definition) is 2. The molecule has 1 aromatic heterocycles. The lowest BCUT2D eigenvalue weighted by Crippen LogP contribution is -2.13. The SMILES string of the molecule is Cn1nc(C2CCCN2)cc1-c1ccccc1. The van der Waals surface area contributed by atoms with Gasteiger partial charge in [-0.25, -0.2) is 0 Å². The minimum absolute atomic E-state index is 0.443. The van der Waals surface area contributed by atoms with Crippen LogP contribution < -0.4 is 5.32 Å². The normalized spacial score (nSPS) is 19.7. The van der Waals surface area contributed by atoms with Gasteiger partial charge in [0.05, 0.1) is 17.4 Å². The van der Waals surface area contributed by atoms with E-state index in [4.69, 9.17) is 0 Å². The van der Waals surface area contributed by atoms with E-state index in [2.05, 4.69) is 40.7 Å². The van der Waals surface area contributed by atoms with Crippen molar-refractivity contribution >= 4 is 0 Å². The summed E-state index contributed by atoms with van der Waals surface area (Å²) >= 11 is 0. The van der Waals surface area contributed by atoms with Gasteiger partial charge in [0.2, 0.25) is 0 Å². The van der Waals surface area contributed by atoms with Crippen LogP contribution in [0.5, 0.6) is 0 Å². The molecule has 1 fully saturated rings. The predicted molar refractivity (Wildman–Crippen MR) is 68.6 cm³/mol. The van der Waals surface area contributed by atoms with Crippen molar-refractivity contribution in [2.45, 2.75) is 18.9 Å². The number of benzene rings is 1. The van der Waals surface area contributed by atoms with Gasteiger partial charge in [0.1, 0.15) is 0 Å². The largest absolute Gasteiger partial charge is 0.309 e. The van der Waals surface area contributed by atoms with Crippen LogP contribution in [0.4, 0.5) is 0 Å². The van der Waals surface area contributed by atoms with E-state index in [1.807, 2.05) is 17.8 Å². The fraction of sp³-hybridized carbons (Fsp3) is 0.357. The summed E-state index contributed by atoms with van der Waals surface area (Å²) in [5.74, 6) is 0. The molecule has 1 N–H and O–H groups in total. The van der Waals surface area contributed by atoms with Gasteiger partial charge in [-0.2, -0.15) is 5.10 Å². The summed E-state index contributed by atoms with van der Waals surface area (Å²) in [6, 6.07) is 13.1. The monoisotopic (exact) mass is 227 g/mol. The molecule has 1 aliphatic heterocycles. The van der Waals surface area contributed by atoms with Crippen molar-refractivity contribution in [3.8, 4) is 11.3 Å². The Kier molecular flexibility index (Phi) is 2.69. The molecule has 0 radical (unpaired) electrons. The number of hydrogen-bond donors (Lipinski definition) is 1. The standard InChI is InChI=1S/C14H17N3/c1-17-14(11-6-3-2-4-7-11)10-13(16-17)12-8-5-9-15-12/h2-4,6-7,10,12,15H,5,8-9H2,1H3. The van der Waals surface area contributed by atoms with Crippen LogP contribution in [0.1, 0.15) is 24.6 Å². The molecule has 0 saturated carbocycles. The third-order valence-corrected chi connectivity index (χ3v) is 3.39. The summed E-state index contributed by atoms with van der Waals surface area (Å²) in [6.45, 7) is 1.11. The Labute approximate surface area is 101 Å². The van der Waals surface area contributed by atoms with Gasteiger partial charge in [-0.15, -0.1) is 0 Å². The van der Waals surface area contributed by atoms with E-state index < -0.39 is 0 Å². The fourth-order valence-corrected chi connectivity index (χ4v) is 2.48. The Hall–Kier alpha value is -1.61. The Morgan fingerprint density at radius 3 is 2.82 bits per heavy atom. The molecule has 1 aromatic carbocycles. The maximum absolute atomic E-state index is 4.62. The summed E-state index contributed by atoms with van der Waals surface area (Å²) < 4.78 is 1.98. The van der Waals surface area contributed by atoms with Gasteiger partial charge in [-0.3, -0.25) is 4.68 Å². The van der Waals surface area contributed by atoms with Crippen LogP contribution in [0.15, 0.2) is 36.4 Å². The van der Waals surface area contributed by atoms with Crippen LogP contribution in [-0.2, 0) is 7.05 Å². The lowest BCUT2D eigenvalue weighted by Gasteiger charge is -2.04. The highest BCUT2D eigenvalue weighted by atomic mass is 15.3. The van der Waals surface area contributed by atoms with Crippen molar-refractivity contribution in [3.05, 3.63) is 42.1 Å². The number of nitrogens with zero attached hydrogens (tertiary/aromatic N) is 2. The van der Waals surface area contributed by atoms with E-state index in [-0.39, 0.29) is 0 Å². The maximum atomic E-state index is 4.62. The van der Waals surface area contributed by atoms with Crippen molar-refractivity contribution < 1.29 is 0 Å². The highest BCUT2D eigenvalue weighted by Crippen LogP contribution is 2.26. The summed E-state index contributed by atoms with van der Waals surface area (Å²) in [4.78, 5) is 0. The topological polar surface area (TPSA) is 29.9 Å². The Bertz CT molecular complexity index is 495. The molecule has 88 valence electrons. The van der Waals surface area contributed by atoms with Crippen molar-refractivity contribution in [2.24, 2.45) is 7.05 Å². The second-order valence-electron chi connectivity index (χ2n) is 4.59. The van der Waals surface area contributed by atoms with Crippen LogP contribution in [0, 0.1) is 0 Å². The molecule has 2 aromatic rings. The molecule has 0 amide bonds. The van der Waals surface area contributed by atoms with Gasteiger partial charge in [0, 0.05) is 7.05 Å². The van der Waals surface area contributed by atoms with Crippen molar-refractivity contribution in [3.63, 3.8) is 0 Å². The summed E-state index contributed by atoms with van der Waals surface area (Å²) in [6.07, 6.45) is 2.45. The molecule has 0 bridgehead atoms. The molecular formula is C14H17N3. The zero-order valence-electron chi connectivity index (χ0n) is 10.1. The summed E-state index contributed by atoms with van der Waals surface area (Å²) in [7, 11) is 2.01. The van der Waals surface area contributed by atoms with Crippen molar-refractivity contribution in [1.82, 2.24) is 15.1 Å². The zero-order valence-corrected chi connectivity index (χ0v) is 10.1. The first-order valence-corrected chi connectivity index (χ1v) is 6.17. The minimum Gasteiger partial charge on any atom is -0.309 e. The first kappa shape index (κ1) is 10.5. The van der Waals surface area contributed by atoms with Crippen LogP contribution in [-0.4, -0.2) is 16.3 Å². The second-order valence-corrected chi connectivity index (χ2v) is 4.59. The summed E-state index contributed by atoms with van der Waals surface area (Å²) in [5.41, 5.74) is 3.59. The van der Waals surface area contributed by atoms with Crippen LogP contribution in [0.25, 0.3) is 11.3 Å². The molecule has 0 aliphatic carbocycles. The highest BCUT2D eigenvalue weighted by Gasteiger charge is 2.20. The number of aromatic nitrogens is 2. The van der Waals surface area contributed by atoms with Crippen molar-refractivity contribution in [1.29, 1.82) is 0 Å². The molecule has 1 aliphatic rings. The first-order chi connectivity index (χ1) is 8.34. The van der Waals surface area contributed by atoms with Crippen LogP contribution in [0.3, 0.4) is 0 Å². The molecule has 17 heavy (non-hydrogen) atoms. The van der Waals surface area contributed by atoms with Gasteiger partial charge in [-0.1, -0.05) is 30.3 Å². The first-order valence-electron chi connectivity index (χ1n) is 6.17. The molecule has 3 nitrogen and oxygen atoms in total.